The van der Waals surface area contributed by atoms with Gasteiger partial charge in [-0.15, -0.1) is 0 Å². The summed E-state index contributed by atoms with van der Waals surface area (Å²) in [5, 5.41) is 14.4. The molecule has 3 aromatic carbocycles. The summed E-state index contributed by atoms with van der Waals surface area (Å²) in [4.78, 5) is 17.9. The van der Waals surface area contributed by atoms with Crippen LogP contribution in [-0.4, -0.2) is 27.3 Å². The maximum absolute atomic E-state index is 13.2. The molecule has 0 saturated carbocycles. The number of fused-ring (bicyclic) bond motifs is 1. The number of rotatable bonds is 6. The molecule has 0 saturated heterocycles. The fourth-order valence-corrected chi connectivity index (χ4v) is 3.41. The number of hydrogen-bond acceptors (Lipinski definition) is 4. The largest absolute Gasteiger partial charge is 0.389 e. The van der Waals surface area contributed by atoms with Gasteiger partial charge < -0.3 is 10.4 Å². The maximum Gasteiger partial charge on any atom is 0.261 e. The van der Waals surface area contributed by atoms with Gasteiger partial charge in [0.05, 0.1) is 23.6 Å². The molecule has 0 amide bonds. The number of anilines is 1. The highest BCUT2D eigenvalue weighted by molar-refractivity contribution is 5.79. The predicted molar refractivity (Wildman–Crippen MR) is 117 cm³/mol. The Labute approximate surface area is 169 Å². The van der Waals surface area contributed by atoms with Crippen molar-refractivity contribution in [2.75, 3.05) is 11.9 Å². The monoisotopic (exact) mass is 385 g/mol. The molecule has 5 heteroatoms. The molecule has 0 bridgehead atoms. The van der Waals surface area contributed by atoms with Gasteiger partial charge in [-0.2, -0.15) is 0 Å². The van der Waals surface area contributed by atoms with Gasteiger partial charge in [-0.1, -0.05) is 54.6 Å². The summed E-state index contributed by atoms with van der Waals surface area (Å²) in [5.41, 5.74) is 3.43. The van der Waals surface area contributed by atoms with Crippen molar-refractivity contribution >= 4 is 16.6 Å². The fraction of sp³-hybridized carbons (Fsp3) is 0.167. The van der Waals surface area contributed by atoms with Gasteiger partial charge in [0.15, 0.2) is 0 Å². The minimum atomic E-state index is -0.751. The second-order valence-electron chi connectivity index (χ2n) is 7.14. The highest BCUT2D eigenvalue weighted by Gasteiger charge is 2.15. The molecule has 0 fully saturated rings. The molecule has 0 aliphatic heterocycles. The molecule has 5 nitrogen and oxygen atoms in total. The van der Waals surface area contributed by atoms with Crippen LogP contribution in [-0.2, 0) is 6.54 Å². The van der Waals surface area contributed by atoms with E-state index in [9.17, 15) is 9.90 Å². The normalized spacial score (nSPS) is 12.1. The number of hydrogen-bond donors (Lipinski definition) is 2. The van der Waals surface area contributed by atoms with E-state index in [-0.39, 0.29) is 12.1 Å². The molecule has 0 aliphatic carbocycles. The Bertz CT molecular complexity index is 1190. The first-order valence-corrected chi connectivity index (χ1v) is 9.65. The first-order valence-electron chi connectivity index (χ1n) is 9.65. The van der Waals surface area contributed by atoms with Crippen molar-refractivity contribution in [3.63, 3.8) is 0 Å². The smallest absolute Gasteiger partial charge is 0.261 e. The quantitative estimate of drug-likeness (QED) is 0.529. The van der Waals surface area contributed by atoms with Crippen LogP contribution >= 0.6 is 0 Å². The van der Waals surface area contributed by atoms with Crippen molar-refractivity contribution in [2.24, 2.45) is 0 Å². The fourth-order valence-electron chi connectivity index (χ4n) is 3.41. The summed E-state index contributed by atoms with van der Waals surface area (Å²) < 4.78 is 1.57. The molecule has 29 heavy (non-hydrogen) atoms. The van der Waals surface area contributed by atoms with Gasteiger partial charge in [0.2, 0.25) is 0 Å². The first-order chi connectivity index (χ1) is 14.1. The molecular formula is C24H23N3O2. The highest BCUT2D eigenvalue weighted by atomic mass is 16.3. The summed E-state index contributed by atoms with van der Waals surface area (Å²) in [7, 11) is 0. The first kappa shape index (κ1) is 18.9. The van der Waals surface area contributed by atoms with Crippen LogP contribution < -0.4 is 10.9 Å². The Hall–Kier alpha value is -3.44. The molecule has 4 rings (SSSR count). The lowest BCUT2D eigenvalue weighted by Crippen LogP contribution is -2.32. The summed E-state index contributed by atoms with van der Waals surface area (Å²) in [5.74, 6) is 0.559. The number of aliphatic hydroxyl groups excluding tert-OH is 1. The molecular weight excluding hydrogens is 362 g/mol. The van der Waals surface area contributed by atoms with E-state index < -0.39 is 6.10 Å². The molecule has 4 aromatic rings. The lowest BCUT2D eigenvalue weighted by atomic mass is 10.1. The third-order valence-electron chi connectivity index (χ3n) is 4.85. The number of nitrogens with one attached hydrogen (secondary N) is 1. The van der Waals surface area contributed by atoms with Crippen molar-refractivity contribution in [3.05, 3.63) is 94.8 Å². The number of aryl methyl sites for hydroxylation is 1. The second kappa shape index (κ2) is 8.29. The lowest BCUT2D eigenvalue weighted by Gasteiger charge is -2.18. The molecule has 1 aromatic heterocycles. The Kier molecular flexibility index (Phi) is 5.40. The van der Waals surface area contributed by atoms with Crippen molar-refractivity contribution in [3.8, 4) is 11.4 Å². The number of benzene rings is 3. The van der Waals surface area contributed by atoms with Crippen molar-refractivity contribution in [2.45, 2.75) is 19.6 Å². The van der Waals surface area contributed by atoms with Crippen LogP contribution in [0, 0.1) is 6.92 Å². The summed E-state index contributed by atoms with van der Waals surface area (Å²) in [6, 6.07) is 24.9. The molecule has 1 heterocycles. The Morgan fingerprint density at radius 3 is 2.55 bits per heavy atom. The summed E-state index contributed by atoms with van der Waals surface area (Å²) in [6.45, 7) is 2.50. The SMILES string of the molecule is Cc1cccc(NCC(O)Cn2c(-c3ccccc3)nc3ccccc3c2=O)c1. The third-order valence-corrected chi connectivity index (χ3v) is 4.85. The van der Waals surface area contributed by atoms with E-state index in [0.29, 0.717) is 23.3 Å². The predicted octanol–water partition coefficient (Wildman–Crippen LogP) is 3.84. The Morgan fingerprint density at radius 1 is 1.00 bits per heavy atom. The van der Waals surface area contributed by atoms with E-state index in [1.165, 1.54) is 0 Å². The third kappa shape index (κ3) is 4.20. The standard InChI is InChI=1S/C24H23N3O2/c1-17-8-7-11-19(14-17)25-15-20(28)16-27-23(18-9-3-2-4-10-18)26-22-13-6-5-12-21(22)24(27)29/h2-14,20,25,28H,15-16H2,1H3. The van der Waals surface area contributed by atoms with Crippen LogP contribution in [0.3, 0.4) is 0 Å². The van der Waals surface area contributed by atoms with Gasteiger partial charge in [0.1, 0.15) is 5.82 Å². The van der Waals surface area contributed by atoms with Crippen molar-refractivity contribution in [1.29, 1.82) is 0 Å². The molecule has 2 N–H and O–H groups in total. The topological polar surface area (TPSA) is 67.2 Å². The van der Waals surface area contributed by atoms with Gasteiger partial charge >= 0.3 is 0 Å². The van der Waals surface area contributed by atoms with Crippen LogP contribution in [0.2, 0.25) is 0 Å². The minimum Gasteiger partial charge on any atom is -0.389 e. The van der Waals surface area contributed by atoms with Gasteiger partial charge in [-0.3, -0.25) is 9.36 Å². The van der Waals surface area contributed by atoms with E-state index in [4.69, 9.17) is 4.98 Å². The average Bonchev–Trinajstić information content (AvgIpc) is 2.75. The van der Waals surface area contributed by atoms with Crippen LogP contribution in [0.5, 0.6) is 0 Å². The maximum atomic E-state index is 13.2. The average molecular weight is 385 g/mol. The van der Waals surface area contributed by atoms with Gasteiger partial charge in [0, 0.05) is 17.8 Å². The zero-order valence-electron chi connectivity index (χ0n) is 16.2. The number of nitrogens with zero attached hydrogens (tertiary/aromatic N) is 2. The molecule has 1 unspecified atom stereocenters. The zero-order chi connectivity index (χ0) is 20.2. The molecule has 0 radical (unpaired) electrons. The molecule has 1 atom stereocenters. The summed E-state index contributed by atoms with van der Waals surface area (Å²) >= 11 is 0. The Balaban J connectivity index is 1.66. The minimum absolute atomic E-state index is 0.149. The van der Waals surface area contributed by atoms with Crippen LogP contribution in [0.1, 0.15) is 5.56 Å². The second-order valence-corrected chi connectivity index (χ2v) is 7.14. The van der Waals surface area contributed by atoms with E-state index in [2.05, 4.69) is 5.32 Å². The van der Waals surface area contributed by atoms with Gasteiger partial charge in [0.25, 0.3) is 5.56 Å². The molecule has 0 spiro atoms. The number of aliphatic hydroxyl groups is 1. The number of aromatic nitrogens is 2. The number of para-hydroxylation sites is 1. The van der Waals surface area contributed by atoms with Gasteiger partial charge in [-0.25, -0.2) is 4.98 Å². The van der Waals surface area contributed by atoms with Crippen molar-refractivity contribution in [1.82, 2.24) is 9.55 Å². The zero-order valence-corrected chi connectivity index (χ0v) is 16.2. The van der Waals surface area contributed by atoms with Crippen molar-refractivity contribution < 1.29 is 5.11 Å². The lowest BCUT2D eigenvalue weighted by molar-refractivity contribution is 0.165. The van der Waals surface area contributed by atoms with E-state index in [1.54, 1.807) is 10.6 Å². The van der Waals surface area contributed by atoms with E-state index in [1.807, 2.05) is 79.7 Å². The van der Waals surface area contributed by atoms with Crippen LogP contribution in [0.15, 0.2) is 83.7 Å². The van der Waals surface area contributed by atoms with Crippen LogP contribution in [0.4, 0.5) is 5.69 Å². The molecule has 0 aliphatic rings. The Morgan fingerprint density at radius 2 is 1.76 bits per heavy atom. The van der Waals surface area contributed by atoms with Gasteiger partial charge in [-0.05, 0) is 36.8 Å². The van der Waals surface area contributed by atoms with E-state index in [0.717, 1.165) is 16.8 Å². The summed E-state index contributed by atoms with van der Waals surface area (Å²) in [6.07, 6.45) is -0.751. The van der Waals surface area contributed by atoms with Crippen LogP contribution in [0.25, 0.3) is 22.3 Å². The highest BCUT2D eigenvalue weighted by Crippen LogP contribution is 2.19. The van der Waals surface area contributed by atoms with E-state index >= 15 is 0 Å². The molecule has 146 valence electrons.